The molecule has 3 N–H and O–H groups in total. The van der Waals surface area contributed by atoms with Gasteiger partial charge in [0.25, 0.3) is 5.91 Å². The Hall–Kier alpha value is -4.92. The van der Waals surface area contributed by atoms with Crippen LogP contribution >= 0.6 is 0 Å². The first kappa shape index (κ1) is 27.7. The molecule has 0 aliphatic carbocycles. The molecule has 0 aliphatic heterocycles. The standard InChI is InChI=1S/C29H30N4O5/c1-5-14-37-24-12-8-23(9-13-24)31-28(35)29(36)33-30-17-22-6-10-25(11-7-22)38-18-26(34)32-27-20(3)15-19(2)16-21(27)4/h5-13,15-17H,1,14,18H2,2-4H3,(H,31,35)(H,32,34)(H,33,36)/b30-17-. The van der Waals surface area contributed by atoms with E-state index in [-0.39, 0.29) is 12.5 Å². The van der Waals surface area contributed by atoms with Crippen LogP contribution in [-0.4, -0.2) is 37.1 Å². The predicted molar refractivity (Wildman–Crippen MR) is 148 cm³/mol. The van der Waals surface area contributed by atoms with Gasteiger partial charge in [-0.15, -0.1) is 0 Å². The lowest BCUT2D eigenvalue weighted by Gasteiger charge is -2.13. The van der Waals surface area contributed by atoms with Crippen LogP contribution in [0.25, 0.3) is 0 Å². The molecule has 0 radical (unpaired) electrons. The van der Waals surface area contributed by atoms with Crippen molar-refractivity contribution in [3.05, 3.63) is 95.6 Å². The van der Waals surface area contributed by atoms with Gasteiger partial charge in [0.15, 0.2) is 6.61 Å². The lowest BCUT2D eigenvalue weighted by Crippen LogP contribution is -2.32. The van der Waals surface area contributed by atoms with E-state index in [4.69, 9.17) is 9.47 Å². The fourth-order valence-corrected chi connectivity index (χ4v) is 3.55. The first-order valence-corrected chi connectivity index (χ1v) is 11.8. The molecule has 0 fully saturated rings. The van der Waals surface area contributed by atoms with Crippen LogP contribution in [0.3, 0.4) is 0 Å². The second kappa shape index (κ2) is 13.4. The van der Waals surface area contributed by atoms with E-state index in [0.717, 1.165) is 22.4 Å². The smallest absolute Gasteiger partial charge is 0.329 e. The van der Waals surface area contributed by atoms with Crippen molar-refractivity contribution in [1.29, 1.82) is 0 Å². The Bertz CT molecular complexity index is 1310. The van der Waals surface area contributed by atoms with Crippen molar-refractivity contribution in [3.63, 3.8) is 0 Å². The van der Waals surface area contributed by atoms with Gasteiger partial charge in [0, 0.05) is 11.4 Å². The number of hydrogen-bond donors (Lipinski definition) is 3. The number of amides is 3. The molecule has 3 aromatic rings. The number of carbonyl (C=O) groups excluding carboxylic acids is 3. The maximum Gasteiger partial charge on any atom is 0.329 e. The van der Waals surface area contributed by atoms with Crippen molar-refractivity contribution < 1.29 is 23.9 Å². The van der Waals surface area contributed by atoms with Crippen LogP contribution in [0, 0.1) is 20.8 Å². The van der Waals surface area contributed by atoms with Crippen molar-refractivity contribution in [2.75, 3.05) is 23.8 Å². The van der Waals surface area contributed by atoms with E-state index in [0.29, 0.717) is 29.4 Å². The van der Waals surface area contributed by atoms with Gasteiger partial charge in [0.1, 0.15) is 18.1 Å². The lowest BCUT2D eigenvalue weighted by atomic mass is 10.1. The summed E-state index contributed by atoms with van der Waals surface area (Å²) in [7, 11) is 0. The molecule has 0 heterocycles. The molecule has 0 aliphatic rings. The summed E-state index contributed by atoms with van der Waals surface area (Å²) in [5.41, 5.74) is 7.19. The highest BCUT2D eigenvalue weighted by atomic mass is 16.5. The van der Waals surface area contributed by atoms with Gasteiger partial charge >= 0.3 is 11.8 Å². The summed E-state index contributed by atoms with van der Waals surface area (Å²) in [5, 5.41) is 9.18. The van der Waals surface area contributed by atoms with E-state index in [1.165, 1.54) is 6.21 Å². The van der Waals surface area contributed by atoms with Gasteiger partial charge in [-0.05, 0) is 86.0 Å². The van der Waals surface area contributed by atoms with Crippen molar-refractivity contribution in [1.82, 2.24) is 5.43 Å². The maximum absolute atomic E-state index is 12.3. The maximum atomic E-state index is 12.3. The molecule has 0 saturated carbocycles. The van der Waals surface area contributed by atoms with E-state index in [9.17, 15) is 14.4 Å². The van der Waals surface area contributed by atoms with Crippen LogP contribution in [0.15, 0.2) is 78.4 Å². The summed E-state index contributed by atoms with van der Waals surface area (Å²) in [5.74, 6) is -0.926. The zero-order valence-corrected chi connectivity index (χ0v) is 21.5. The van der Waals surface area contributed by atoms with Crippen LogP contribution in [0.2, 0.25) is 0 Å². The van der Waals surface area contributed by atoms with Crippen molar-refractivity contribution in [3.8, 4) is 11.5 Å². The summed E-state index contributed by atoms with van der Waals surface area (Å²) in [6.45, 7) is 9.71. The lowest BCUT2D eigenvalue weighted by molar-refractivity contribution is -0.136. The number of rotatable bonds is 10. The molecule has 196 valence electrons. The summed E-state index contributed by atoms with van der Waals surface area (Å²) < 4.78 is 10.9. The van der Waals surface area contributed by atoms with Gasteiger partial charge in [-0.25, -0.2) is 5.43 Å². The minimum absolute atomic E-state index is 0.143. The Labute approximate surface area is 221 Å². The van der Waals surface area contributed by atoms with E-state index in [1.807, 2.05) is 32.9 Å². The number of nitrogens with one attached hydrogen (secondary N) is 3. The van der Waals surface area contributed by atoms with Crippen LogP contribution in [0.5, 0.6) is 11.5 Å². The number of carbonyl (C=O) groups is 3. The summed E-state index contributed by atoms with van der Waals surface area (Å²) >= 11 is 0. The average molecular weight is 515 g/mol. The fraction of sp³-hybridized carbons (Fsp3) is 0.172. The highest BCUT2D eigenvalue weighted by Crippen LogP contribution is 2.22. The first-order valence-electron chi connectivity index (χ1n) is 11.8. The quantitative estimate of drug-likeness (QED) is 0.162. The molecule has 0 aromatic heterocycles. The Kier molecular flexibility index (Phi) is 9.76. The summed E-state index contributed by atoms with van der Waals surface area (Å²) in [4.78, 5) is 36.4. The number of benzene rings is 3. The molecule has 3 rings (SSSR count). The number of anilines is 2. The number of hydrogen-bond acceptors (Lipinski definition) is 6. The van der Waals surface area contributed by atoms with Gasteiger partial charge in [0.2, 0.25) is 0 Å². The van der Waals surface area contributed by atoms with E-state index >= 15 is 0 Å². The molecule has 0 unspecified atom stereocenters. The Morgan fingerprint density at radius 1 is 0.842 bits per heavy atom. The zero-order chi connectivity index (χ0) is 27.5. The molecule has 0 bridgehead atoms. The SMILES string of the molecule is C=CCOc1ccc(NC(=O)C(=O)N/N=C\c2ccc(OCC(=O)Nc3c(C)cc(C)cc3C)cc2)cc1. The third-order valence-corrected chi connectivity index (χ3v) is 5.26. The van der Waals surface area contributed by atoms with Gasteiger partial charge in [-0.1, -0.05) is 30.4 Å². The van der Waals surface area contributed by atoms with Crippen LogP contribution < -0.4 is 25.5 Å². The number of aryl methyl sites for hydroxylation is 3. The van der Waals surface area contributed by atoms with Crippen LogP contribution in [-0.2, 0) is 14.4 Å². The van der Waals surface area contributed by atoms with E-state index < -0.39 is 11.8 Å². The third-order valence-electron chi connectivity index (χ3n) is 5.26. The molecule has 38 heavy (non-hydrogen) atoms. The second-order valence-corrected chi connectivity index (χ2v) is 8.46. The minimum atomic E-state index is -0.918. The fourth-order valence-electron chi connectivity index (χ4n) is 3.55. The molecule has 0 saturated heterocycles. The zero-order valence-electron chi connectivity index (χ0n) is 21.5. The summed E-state index contributed by atoms with van der Waals surface area (Å²) in [6, 6.07) is 17.3. The summed E-state index contributed by atoms with van der Waals surface area (Å²) in [6.07, 6.45) is 3.01. The normalized spacial score (nSPS) is 10.5. The minimum Gasteiger partial charge on any atom is -0.490 e. The molecule has 3 aromatic carbocycles. The predicted octanol–water partition coefficient (Wildman–Crippen LogP) is 4.28. The van der Waals surface area contributed by atoms with Crippen LogP contribution in [0.1, 0.15) is 22.3 Å². The number of ether oxygens (including phenoxy) is 2. The van der Waals surface area contributed by atoms with Crippen LogP contribution in [0.4, 0.5) is 11.4 Å². The van der Waals surface area contributed by atoms with Gasteiger partial charge in [-0.3, -0.25) is 14.4 Å². The van der Waals surface area contributed by atoms with E-state index in [2.05, 4.69) is 27.7 Å². The van der Waals surface area contributed by atoms with Gasteiger partial charge in [0.05, 0.1) is 6.21 Å². The van der Waals surface area contributed by atoms with Crippen molar-refractivity contribution in [2.24, 2.45) is 5.10 Å². The second-order valence-electron chi connectivity index (χ2n) is 8.46. The van der Waals surface area contributed by atoms with Crippen molar-refractivity contribution >= 4 is 35.3 Å². The molecule has 0 spiro atoms. The average Bonchev–Trinajstić information content (AvgIpc) is 2.89. The number of hydrazone groups is 1. The van der Waals surface area contributed by atoms with Gasteiger partial charge < -0.3 is 20.1 Å². The molecule has 9 heteroatoms. The topological polar surface area (TPSA) is 118 Å². The number of nitrogens with zero attached hydrogens (tertiary/aromatic N) is 1. The molecule has 3 amide bonds. The Morgan fingerprint density at radius 2 is 1.45 bits per heavy atom. The Balaban J connectivity index is 1.43. The highest BCUT2D eigenvalue weighted by molar-refractivity contribution is 6.39. The molecule has 0 atom stereocenters. The monoisotopic (exact) mass is 514 g/mol. The molecular formula is C29H30N4O5. The largest absolute Gasteiger partial charge is 0.490 e. The first-order chi connectivity index (χ1) is 18.2. The highest BCUT2D eigenvalue weighted by Gasteiger charge is 2.13. The molecule has 9 nitrogen and oxygen atoms in total. The molecular weight excluding hydrogens is 484 g/mol. The third kappa shape index (κ3) is 8.34. The van der Waals surface area contributed by atoms with Crippen molar-refractivity contribution in [2.45, 2.75) is 20.8 Å². The van der Waals surface area contributed by atoms with E-state index in [1.54, 1.807) is 54.6 Å². The van der Waals surface area contributed by atoms with Gasteiger partial charge in [-0.2, -0.15) is 5.10 Å². The Morgan fingerprint density at radius 3 is 2.08 bits per heavy atom.